The average Bonchev–Trinajstić information content (AvgIpc) is 2.20. The van der Waals surface area contributed by atoms with E-state index in [1.54, 1.807) is 0 Å². The van der Waals surface area contributed by atoms with Gasteiger partial charge in [0.05, 0.1) is 0 Å². The number of nitrogens with zero attached hydrogens (tertiary/aromatic N) is 1. The van der Waals surface area contributed by atoms with Gasteiger partial charge < -0.3 is 4.74 Å². The normalized spacial score (nSPS) is 13.6. The first-order valence-corrected chi connectivity index (χ1v) is 4.08. The van der Waals surface area contributed by atoms with Crippen LogP contribution < -0.4 is 4.74 Å². The predicted octanol–water partition coefficient (Wildman–Crippen LogP) is 2.97. The Bertz CT molecular complexity index is 405. The Morgan fingerprint density at radius 1 is 1.00 bits per heavy atom. The van der Waals surface area contributed by atoms with E-state index in [1.807, 2.05) is 0 Å². The molecule has 0 saturated heterocycles. The van der Waals surface area contributed by atoms with Gasteiger partial charge in [0.2, 0.25) is 17.4 Å². The fourth-order valence-corrected chi connectivity index (χ4v) is 0.815. The largest absolute Gasteiger partial charge is 0.475 e. The van der Waals surface area contributed by atoms with E-state index in [2.05, 4.69) is 9.72 Å². The van der Waals surface area contributed by atoms with Crippen molar-refractivity contribution in [2.24, 2.45) is 0 Å². The van der Waals surface area contributed by atoms with E-state index in [9.17, 15) is 30.7 Å². The van der Waals surface area contributed by atoms with Crippen molar-refractivity contribution >= 4 is 0 Å². The Morgan fingerprint density at radius 2 is 1.41 bits per heavy atom. The third-order valence-electron chi connectivity index (χ3n) is 1.71. The Hall–Kier alpha value is -1.54. The fourth-order valence-electron chi connectivity index (χ4n) is 0.815. The fraction of sp³-hybridized carbons (Fsp3) is 0.375. The maximum absolute atomic E-state index is 12.9. The molecule has 0 bridgehead atoms. The number of ether oxygens (including phenoxy) is 1. The first-order valence-electron chi connectivity index (χ1n) is 4.08. The Kier molecular flexibility index (Phi) is 3.48. The molecule has 1 rings (SSSR count). The molecule has 1 aromatic rings. The number of hydrogen-bond acceptors (Lipinski definition) is 2. The SMILES string of the molecule is CC(Oc1c(F)c(F)nc(F)c1F)C(F)(F)F. The first-order chi connectivity index (χ1) is 7.64. The van der Waals surface area contributed by atoms with Crippen molar-refractivity contribution < 1.29 is 35.5 Å². The third kappa shape index (κ3) is 2.77. The van der Waals surface area contributed by atoms with Gasteiger partial charge in [-0.2, -0.15) is 35.7 Å². The lowest BCUT2D eigenvalue weighted by atomic mass is 10.3. The molecule has 1 atom stereocenters. The number of hydrogen-bond donors (Lipinski definition) is 0. The van der Waals surface area contributed by atoms with E-state index < -0.39 is 41.6 Å². The average molecular weight is 263 g/mol. The smallest absolute Gasteiger partial charge is 0.425 e. The highest BCUT2D eigenvalue weighted by molar-refractivity contribution is 5.24. The lowest BCUT2D eigenvalue weighted by molar-refractivity contribution is -0.190. The highest BCUT2D eigenvalue weighted by Crippen LogP contribution is 2.29. The zero-order chi connectivity index (χ0) is 13.4. The molecule has 0 aliphatic heterocycles. The monoisotopic (exact) mass is 263 g/mol. The van der Waals surface area contributed by atoms with E-state index in [4.69, 9.17) is 0 Å². The zero-order valence-corrected chi connectivity index (χ0v) is 8.08. The minimum Gasteiger partial charge on any atom is -0.475 e. The lowest BCUT2D eigenvalue weighted by Gasteiger charge is -2.18. The molecular formula is C8H4F7NO. The van der Waals surface area contributed by atoms with Gasteiger partial charge in [-0.1, -0.05) is 0 Å². The summed E-state index contributed by atoms with van der Waals surface area (Å²) in [6.45, 7) is 0.426. The van der Waals surface area contributed by atoms with Crippen LogP contribution in [0.25, 0.3) is 0 Å². The number of aromatic nitrogens is 1. The predicted molar refractivity (Wildman–Crippen MR) is 40.2 cm³/mol. The summed E-state index contributed by atoms with van der Waals surface area (Å²) in [7, 11) is 0. The second-order valence-corrected chi connectivity index (χ2v) is 2.95. The van der Waals surface area contributed by atoms with E-state index in [0.29, 0.717) is 6.92 Å². The van der Waals surface area contributed by atoms with Crippen LogP contribution in [0.4, 0.5) is 30.7 Å². The molecule has 0 aromatic carbocycles. The van der Waals surface area contributed by atoms with Crippen molar-refractivity contribution in [2.75, 3.05) is 0 Å². The van der Waals surface area contributed by atoms with Crippen LogP contribution in [0.5, 0.6) is 5.75 Å². The molecular weight excluding hydrogens is 259 g/mol. The first kappa shape index (κ1) is 13.5. The molecule has 0 radical (unpaired) electrons. The van der Waals surface area contributed by atoms with E-state index in [1.165, 1.54) is 0 Å². The van der Waals surface area contributed by atoms with Gasteiger partial charge in [0.1, 0.15) is 0 Å². The van der Waals surface area contributed by atoms with Crippen LogP contribution in [0.1, 0.15) is 6.92 Å². The van der Waals surface area contributed by atoms with Gasteiger partial charge in [-0.3, -0.25) is 0 Å². The van der Waals surface area contributed by atoms with E-state index in [0.717, 1.165) is 0 Å². The zero-order valence-electron chi connectivity index (χ0n) is 8.08. The van der Waals surface area contributed by atoms with Crippen molar-refractivity contribution in [3.63, 3.8) is 0 Å². The Labute approximate surface area is 90.0 Å². The molecule has 0 amide bonds. The molecule has 1 aromatic heterocycles. The van der Waals surface area contributed by atoms with Gasteiger partial charge in [-0.25, -0.2) is 0 Å². The van der Waals surface area contributed by atoms with Crippen LogP contribution in [0.3, 0.4) is 0 Å². The van der Waals surface area contributed by atoms with Crippen LogP contribution in [0.2, 0.25) is 0 Å². The number of alkyl halides is 3. The highest BCUT2D eigenvalue weighted by Gasteiger charge is 2.39. The van der Waals surface area contributed by atoms with Gasteiger partial charge in [0.25, 0.3) is 11.9 Å². The van der Waals surface area contributed by atoms with Gasteiger partial charge in [-0.05, 0) is 6.92 Å². The maximum atomic E-state index is 12.9. The van der Waals surface area contributed by atoms with Crippen LogP contribution in [-0.2, 0) is 0 Å². The Morgan fingerprint density at radius 3 is 1.76 bits per heavy atom. The Balaban J connectivity index is 3.15. The van der Waals surface area contributed by atoms with Crippen LogP contribution in [0.15, 0.2) is 0 Å². The standard InChI is InChI=1S/C8H4F7NO/c1-2(8(13,14)15)17-5-3(9)6(11)16-7(12)4(5)10/h2H,1H3. The summed E-state index contributed by atoms with van der Waals surface area (Å²) < 4.78 is 90.6. The molecule has 1 unspecified atom stereocenters. The maximum Gasteiger partial charge on any atom is 0.425 e. The number of halogens is 7. The van der Waals surface area contributed by atoms with Gasteiger partial charge >= 0.3 is 6.18 Å². The summed E-state index contributed by atoms with van der Waals surface area (Å²) in [4.78, 5) is 2.16. The molecule has 17 heavy (non-hydrogen) atoms. The topological polar surface area (TPSA) is 22.1 Å². The summed E-state index contributed by atoms with van der Waals surface area (Å²) in [5, 5.41) is 0. The molecule has 0 spiro atoms. The van der Waals surface area contributed by atoms with Gasteiger partial charge in [0, 0.05) is 0 Å². The second-order valence-electron chi connectivity index (χ2n) is 2.95. The molecule has 1 heterocycles. The molecule has 0 aliphatic rings. The summed E-state index contributed by atoms with van der Waals surface area (Å²) in [5.74, 6) is -10.2. The summed E-state index contributed by atoms with van der Waals surface area (Å²) >= 11 is 0. The molecule has 96 valence electrons. The van der Waals surface area contributed by atoms with Crippen LogP contribution in [0, 0.1) is 23.5 Å². The molecule has 0 fully saturated rings. The van der Waals surface area contributed by atoms with Crippen molar-refractivity contribution in [1.29, 1.82) is 0 Å². The number of pyridine rings is 1. The van der Waals surface area contributed by atoms with Crippen molar-refractivity contribution in [2.45, 2.75) is 19.2 Å². The second kappa shape index (κ2) is 4.38. The molecule has 9 heteroatoms. The minimum absolute atomic E-state index is 0.426. The van der Waals surface area contributed by atoms with Gasteiger partial charge in [-0.15, -0.1) is 0 Å². The molecule has 0 aliphatic carbocycles. The van der Waals surface area contributed by atoms with Crippen LogP contribution in [-0.4, -0.2) is 17.3 Å². The quantitative estimate of drug-likeness (QED) is 0.604. The number of rotatable bonds is 2. The third-order valence-corrected chi connectivity index (χ3v) is 1.71. The van der Waals surface area contributed by atoms with Crippen LogP contribution >= 0.6 is 0 Å². The van der Waals surface area contributed by atoms with E-state index in [-0.39, 0.29) is 0 Å². The molecule has 0 N–H and O–H groups in total. The summed E-state index contributed by atoms with van der Waals surface area (Å²) in [6.07, 6.45) is -7.57. The van der Waals surface area contributed by atoms with Gasteiger partial charge in [0.15, 0.2) is 6.10 Å². The molecule has 0 saturated carbocycles. The van der Waals surface area contributed by atoms with Crippen molar-refractivity contribution in [3.8, 4) is 5.75 Å². The molecule has 2 nitrogen and oxygen atoms in total. The van der Waals surface area contributed by atoms with Crippen molar-refractivity contribution in [1.82, 2.24) is 4.98 Å². The minimum atomic E-state index is -4.94. The summed E-state index contributed by atoms with van der Waals surface area (Å²) in [6, 6.07) is 0. The summed E-state index contributed by atoms with van der Waals surface area (Å²) in [5.41, 5.74) is 0. The van der Waals surface area contributed by atoms with E-state index >= 15 is 0 Å². The highest BCUT2D eigenvalue weighted by atomic mass is 19.4. The van der Waals surface area contributed by atoms with Crippen molar-refractivity contribution in [3.05, 3.63) is 23.5 Å². The lowest BCUT2D eigenvalue weighted by Crippen LogP contribution is -2.32.